The molecular formula is C34H30ClN5O2S2. The van der Waals surface area contributed by atoms with Crippen LogP contribution < -0.4 is 4.72 Å². The van der Waals surface area contributed by atoms with Crippen LogP contribution in [0.25, 0.3) is 16.6 Å². The first-order valence-corrected chi connectivity index (χ1v) is 16.9. The van der Waals surface area contributed by atoms with Gasteiger partial charge in [0.15, 0.2) is 11.0 Å². The molecule has 0 radical (unpaired) electrons. The number of fused-ring (bicyclic) bond motifs is 1. The fourth-order valence-electron chi connectivity index (χ4n) is 5.18. The van der Waals surface area contributed by atoms with Gasteiger partial charge in [-0.2, -0.15) is 4.72 Å². The number of benzene rings is 4. The molecular weight excluding hydrogens is 610 g/mol. The van der Waals surface area contributed by atoms with Gasteiger partial charge >= 0.3 is 0 Å². The molecule has 1 atom stereocenters. The largest absolute Gasteiger partial charge is 0.272 e. The summed E-state index contributed by atoms with van der Waals surface area (Å²) >= 11 is 8.04. The maximum Gasteiger partial charge on any atom is 0.243 e. The van der Waals surface area contributed by atoms with Gasteiger partial charge in [-0.05, 0) is 61.2 Å². The number of thioether (sulfide) groups is 1. The Morgan fingerprint density at radius 3 is 2.45 bits per heavy atom. The molecule has 0 aliphatic heterocycles. The Morgan fingerprint density at radius 2 is 1.64 bits per heavy atom. The smallest absolute Gasteiger partial charge is 0.243 e. The first-order valence-electron chi connectivity index (χ1n) is 14.1. The quantitative estimate of drug-likeness (QED) is 0.155. The molecule has 0 fully saturated rings. The van der Waals surface area contributed by atoms with Crippen molar-refractivity contribution in [1.82, 2.24) is 24.5 Å². The van der Waals surface area contributed by atoms with Crippen LogP contribution in [0.3, 0.4) is 0 Å². The molecule has 44 heavy (non-hydrogen) atoms. The second-order valence-electron chi connectivity index (χ2n) is 10.6. The van der Waals surface area contributed by atoms with Crippen molar-refractivity contribution in [3.8, 4) is 5.69 Å². The molecule has 0 saturated carbocycles. The van der Waals surface area contributed by atoms with Gasteiger partial charge in [0.25, 0.3) is 0 Å². The van der Waals surface area contributed by atoms with Crippen molar-refractivity contribution in [1.29, 1.82) is 0 Å². The van der Waals surface area contributed by atoms with Crippen LogP contribution in [-0.4, -0.2) is 28.2 Å². The lowest BCUT2D eigenvalue weighted by Crippen LogP contribution is -2.32. The number of aromatic nitrogens is 4. The number of nitrogens with zero attached hydrogens (tertiary/aromatic N) is 4. The third-order valence-corrected chi connectivity index (χ3v) is 10.0. The van der Waals surface area contributed by atoms with Crippen LogP contribution in [0.15, 0.2) is 119 Å². The molecule has 0 spiro atoms. The number of hydrogen-bond donors (Lipinski definition) is 1. The number of para-hydroxylation sites is 1. The third kappa shape index (κ3) is 6.56. The molecule has 6 aromatic rings. The average Bonchev–Trinajstić information content (AvgIpc) is 3.45. The Bertz CT molecular complexity index is 2040. The first-order chi connectivity index (χ1) is 21.3. The number of halogens is 1. The van der Waals surface area contributed by atoms with Crippen molar-refractivity contribution in [2.45, 2.75) is 42.1 Å². The van der Waals surface area contributed by atoms with Crippen molar-refractivity contribution < 1.29 is 8.42 Å². The second-order valence-corrected chi connectivity index (χ2v) is 13.6. The maximum absolute atomic E-state index is 14.1. The summed E-state index contributed by atoms with van der Waals surface area (Å²) in [6, 6.07) is 31.7. The molecule has 0 aliphatic rings. The summed E-state index contributed by atoms with van der Waals surface area (Å²) in [5, 5.41) is 11.2. The van der Waals surface area contributed by atoms with Gasteiger partial charge < -0.3 is 0 Å². The topological polar surface area (TPSA) is 89.8 Å². The first kappa shape index (κ1) is 30.0. The van der Waals surface area contributed by atoms with Crippen molar-refractivity contribution in [2.24, 2.45) is 0 Å². The van der Waals surface area contributed by atoms with E-state index in [1.165, 1.54) is 17.3 Å². The van der Waals surface area contributed by atoms with Crippen LogP contribution in [0.2, 0.25) is 5.02 Å². The normalized spacial score (nSPS) is 12.4. The zero-order valence-electron chi connectivity index (χ0n) is 24.2. The lowest BCUT2D eigenvalue weighted by atomic mass is 10.1. The maximum atomic E-state index is 14.1. The predicted octanol–water partition coefficient (Wildman–Crippen LogP) is 7.64. The zero-order valence-corrected chi connectivity index (χ0v) is 26.6. The molecule has 0 bridgehead atoms. The summed E-state index contributed by atoms with van der Waals surface area (Å²) < 4.78 is 33.1. The molecule has 6 rings (SSSR count). The Hall–Kier alpha value is -4.02. The Balaban J connectivity index is 1.47. The molecule has 4 aromatic carbocycles. The summed E-state index contributed by atoms with van der Waals surface area (Å²) in [6.45, 7) is 4.05. The number of rotatable bonds is 10. The summed E-state index contributed by atoms with van der Waals surface area (Å²) in [4.78, 5) is 4.50. The van der Waals surface area contributed by atoms with Crippen LogP contribution >= 0.6 is 23.4 Å². The van der Waals surface area contributed by atoms with E-state index in [0.717, 1.165) is 27.8 Å². The molecule has 7 nitrogen and oxygen atoms in total. The van der Waals surface area contributed by atoms with Crippen LogP contribution in [0.4, 0.5) is 0 Å². The van der Waals surface area contributed by atoms with E-state index < -0.39 is 16.1 Å². The highest BCUT2D eigenvalue weighted by Gasteiger charge is 2.30. The van der Waals surface area contributed by atoms with Gasteiger partial charge in [0.1, 0.15) is 4.90 Å². The van der Waals surface area contributed by atoms with E-state index in [0.29, 0.717) is 33.7 Å². The minimum Gasteiger partial charge on any atom is -0.272 e. The molecule has 0 saturated heterocycles. The van der Waals surface area contributed by atoms with Gasteiger partial charge in [-0.25, -0.2) is 8.42 Å². The highest BCUT2D eigenvalue weighted by atomic mass is 35.5. The Morgan fingerprint density at radius 1 is 0.864 bits per heavy atom. The Labute approximate surface area is 266 Å². The van der Waals surface area contributed by atoms with Crippen molar-refractivity contribution in [3.63, 3.8) is 0 Å². The highest BCUT2D eigenvalue weighted by molar-refractivity contribution is 7.98. The van der Waals surface area contributed by atoms with E-state index in [-0.39, 0.29) is 4.90 Å². The van der Waals surface area contributed by atoms with E-state index >= 15 is 0 Å². The molecule has 2 heterocycles. The van der Waals surface area contributed by atoms with Crippen molar-refractivity contribution >= 4 is 44.3 Å². The van der Waals surface area contributed by atoms with E-state index in [1.54, 1.807) is 24.4 Å². The summed E-state index contributed by atoms with van der Waals surface area (Å²) in [5.74, 6) is 1.12. The van der Waals surface area contributed by atoms with Crippen molar-refractivity contribution in [3.05, 3.63) is 142 Å². The minimum atomic E-state index is -4.05. The average molecular weight is 640 g/mol. The van der Waals surface area contributed by atoms with E-state index in [2.05, 4.69) is 45.0 Å². The Kier molecular flexibility index (Phi) is 8.81. The van der Waals surface area contributed by atoms with E-state index in [4.69, 9.17) is 11.6 Å². The fraction of sp³-hybridized carbons (Fsp3) is 0.147. The lowest BCUT2D eigenvalue weighted by Gasteiger charge is -2.21. The molecule has 0 amide bonds. The van der Waals surface area contributed by atoms with Gasteiger partial charge in [-0.3, -0.25) is 9.55 Å². The van der Waals surface area contributed by atoms with Crippen LogP contribution in [0.5, 0.6) is 0 Å². The van der Waals surface area contributed by atoms with Gasteiger partial charge in [0, 0.05) is 22.4 Å². The molecule has 2 aromatic heterocycles. The molecule has 1 unspecified atom stereocenters. The van der Waals surface area contributed by atoms with E-state index in [1.807, 2.05) is 78.2 Å². The minimum absolute atomic E-state index is 0.104. The van der Waals surface area contributed by atoms with Gasteiger partial charge in [0.2, 0.25) is 10.0 Å². The summed E-state index contributed by atoms with van der Waals surface area (Å²) in [6.07, 6.45) is 1.94. The molecule has 1 N–H and O–H groups in total. The number of hydrogen-bond acceptors (Lipinski definition) is 6. The number of pyridine rings is 1. The van der Waals surface area contributed by atoms with Crippen LogP contribution in [0, 0.1) is 13.8 Å². The molecule has 222 valence electrons. The number of nitrogens with one attached hydrogen (secondary N) is 1. The third-order valence-electron chi connectivity index (χ3n) is 7.30. The van der Waals surface area contributed by atoms with E-state index in [9.17, 15) is 8.42 Å². The summed E-state index contributed by atoms with van der Waals surface area (Å²) in [7, 11) is -4.05. The zero-order chi connectivity index (χ0) is 30.7. The monoisotopic (exact) mass is 639 g/mol. The van der Waals surface area contributed by atoms with Gasteiger partial charge in [-0.1, -0.05) is 108 Å². The fourth-order valence-corrected chi connectivity index (χ4v) is 7.61. The SMILES string of the molecule is Cc1cccc(CSc2nnc(C(Cc3ccccc3)NS(=O)(=O)c3cccc4cccnc34)n2-c2cc(Cl)ccc2C)c1. The van der Waals surface area contributed by atoms with Crippen LogP contribution in [-0.2, 0) is 22.2 Å². The van der Waals surface area contributed by atoms with Crippen molar-refractivity contribution in [2.75, 3.05) is 0 Å². The lowest BCUT2D eigenvalue weighted by molar-refractivity contribution is 0.537. The van der Waals surface area contributed by atoms with Crippen LogP contribution in [0.1, 0.15) is 34.1 Å². The van der Waals surface area contributed by atoms with Gasteiger partial charge in [-0.15, -0.1) is 10.2 Å². The predicted molar refractivity (Wildman–Crippen MR) is 177 cm³/mol. The molecule has 10 heteroatoms. The number of aryl methyl sites for hydroxylation is 2. The summed E-state index contributed by atoms with van der Waals surface area (Å²) in [5.41, 5.74) is 5.42. The van der Waals surface area contributed by atoms with Gasteiger partial charge in [0.05, 0.1) is 17.2 Å². The standard InChI is InChI=1S/C34H30ClN5O2S2/c1-23-9-6-12-26(19-23)22-43-34-38-37-33(40(34)30-21-28(35)17-16-24(30)2)29(20-25-10-4-3-5-11-25)39-44(41,42)31-15-7-13-27-14-8-18-36-32(27)31/h3-19,21,29,39H,20,22H2,1-2H3. The molecule has 0 aliphatic carbocycles. The second kappa shape index (κ2) is 12.9. The highest BCUT2D eigenvalue weighted by Crippen LogP contribution is 2.33. The number of sulfonamides is 1.